The van der Waals surface area contributed by atoms with Gasteiger partial charge in [-0.25, -0.2) is 0 Å². The Kier molecular flexibility index (Phi) is 126. The van der Waals surface area contributed by atoms with Crippen LogP contribution in [0.2, 0.25) is 0 Å². The minimum absolute atomic E-state index is 0. The van der Waals surface area contributed by atoms with Crippen LogP contribution in [0.5, 0.6) is 0 Å². The minimum atomic E-state index is 0. The molecule has 4 heteroatoms. The molecule has 0 heterocycles. The molecule has 0 spiro atoms. The SMILES string of the molecule is Cl.Cl.[CaH2].[PbH2]. The first-order chi connectivity index (χ1) is 0. The average Bonchev–Trinajstić information content (AvgIpc) is 0. The van der Waals surface area contributed by atoms with Gasteiger partial charge >= 0.3 is 65.0 Å². The fourth-order valence-electron chi connectivity index (χ4n) is 0. The predicted octanol–water partition coefficient (Wildman–Crippen LogP) is -0.989. The molecule has 0 fully saturated rings. The monoisotopic (exact) mass is 324 g/mol. The molecule has 0 aliphatic carbocycles. The first-order valence-electron chi connectivity index (χ1n) is 0. The summed E-state index contributed by atoms with van der Waals surface area (Å²) >= 11 is 0. The normalized spacial score (nSPS) is 0. The predicted molar refractivity (Wildman–Crippen MR) is 31.6 cm³/mol. The fourth-order valence-corrected chi connectivity index (χ4v) is 0. The zero-order valence-electron chi connectivity index (χ0n) is 1.52. The molecule has 0 unspecified atom stereocenters. The van der Waals surface area contributed by atoms with E-state index in [0.717, 1.165) is 0 Å². The Morgan fingerprint density at radius 1 is 0.750 bits per heavy atom. The van der Waals surface area contributed by atoms with Gasteiger partial charge in [0, 0.05) is 0 Å². The van der Waals surface area contributed by atoms with E-state index in [1.165, 1.54) is 0 Å². The topological polar surface area (TPSA) is 0 Å². The summed E-state index contributed by atoms with van der Waals surface area (Å²) in [6.45, 7) is 0. The molecule has 0 nitrogen and oxygen atoms in total. The van der Waals surface area contributed by atoms with Gasteiger partial charge in [0.05, 0.1) is 0 Å². The Morgan fingerprint density at radius 2 is 0.750 bits per heavy atom. The average molecular weight is 324 g/mol. The molecule has 0 aromatic carbocycles. The van der Waals surface area contributed by atoms with Crippen molar-refractivity contribution in [1.29, 1.82) is 0 Å². The van der Waals surface area contributed by atoms with Gasteiger partial charge in [0.25, 0.3) is 0 Å². The third-order valence-electron chi connectivity index (χ3n) is 0. The van der Waals surface area contributed by atoms with Crippen LogP contribution in [-0.2, 0) is 0 Å². The molecule has 0 saturated heterocycles. The molecular weight excluding hydrogens is 318 g/mol. The van der Waals surface area contributed by atoms with Crippen molar-refractivity contribution in [3.05, 3.63) is 0 Å². The van der Waals surface area contributed by atoms with Gasteiger partial charge in [-0.1, -0.05) is 0 Å². The summed E-state index contributed by atoms with van der Waals surface area (Å²) in [5.74, 6) is 0. The quantitative estimate of drug-likeness (QED) is 0.502. The van der Waals surface area contributed by atoms with Gasteiger partial charge in [-0.3, -0.25) is 0 Å². The molecule has 0 saturated carbocycles. The van der Waals surface area contributed by atoms with E-state index in [2.05, 4.69) is 0 Å². The third kappa shape index (κ3) is 8.83. The van der Waals surface area contributed by atoms with E-state index < -0.39 is 0 Å². The molecule has 0 aliphatic rings. The van der Waals surface area contributed by atoms with Crippen LogP contribution in [-0.4, -0.2) is 65.0 Å². The Labute approximate surface area is 88.1 Å². The van der Waals surface area contributed by atoms with Gasteiger partial charge in [-0.05, 0) is 0 Å². The van der Waals surface area contributed by atoms with Crippen molar-refractivity contribution in [3.63, 3.8) is 0 Å². The third-order valence-corrected chi connectivity index (χ3v) is 0. The van der Waals surface area contributed by atoms with Crippen molar-refractivity contribution in [2.75, 3.05) is 0 Å². The number of halogens is 2. The van der Waals surface area contributed by atoms with E-state index in [1.54, 1.807) is 0 Å². The molecule has 0 aromatic rings. The second-order valence-corrected chi connectivity index (χ2v) is 0. The molecule has 2 radical (unpaired) electrons. The van der Waals surface area contributed by atoms with Crippen molar-refractivity contribution in [2.45, 2.75) is 0 Å². The van der Waals surface area contributed by atoms with Crippen molar-refractivity contribution < 1.29 is 0 Å². The van der Waals surface area contributed by atoms with E-state index in [1.807, 2.05) is 0 Å². The van der Waals surface area contributed by atoms with Gasteiger partial charge in [-0.15, -0.1) is 24.8 Å². The molecule has 0 aromatic heterocycles. The summed E-state index contributed by atoms with van der Waals surface area (Å²) in [4.78, 5) is 0. The second kappa shape index (κ2) is 17.1. The number of rotatable bonds is 0. The first kappa shape index (κ1) is 29.4. The molecule has 4 heavy (non-hydrogen) atoms. The van der Waals surface area contributed by atoms with Crippen LogP contribution in [0, 0.1) is 0 Å². The van der Waals surface area contributed by atoms with Crippen LogP contribution >= 0.6 is 24.8 Å². The van der Waals surface area contributed by atoms with Gasteiger partial charge in [0.1, 0.15) is 0 Å². The summed E-state index contributed by atoms with van der Waals surface area (Å²) < 4.78 is 0. The Morgan fingerprint density at radius 3 is 0.750 bits per heavy atom. The van der Waals surface area contributed by atoms with Gasteiger partial charge in [0.15, 0.2) is 0 Å². The van der Waals surface area contributed by atoms with Crippen LogP contribution in [0.15, 0.2) is 0 Å². The van der Waals surface area contributed by atoms with Crippen molar-refractivity contribution in [1.82, 2.24) is 0 Å². The summed E-state index contributed by atoms with van der Waals surface area (Å²) in [6.07, 6.45) is 0. The standard InChI is InChI=1S/Ca.2ClH.Pb.4H/h;2*1H;;;;;. The Bertz CT molecular complexity index is 6.00. The van der Waals surface area contributed by atoms with Crippen LogP contribution in [0.4, 0.5) is 0 Å². The van der Waals surface area contributed by atoms with E-state index >= 15 is 0 Å². The maximum absolute atomic E-state index is 0. The van der Waals surface area contributed by atoms with Crippen LogP contribution in [0.1, 0.15) is 0 Å². The summed E-state index contributed by atoms with van der Waals surface area (Å²) in [5.41, 5.74) is 0. The van der Waals surface area contributed by atoms with Crippen molar-refractivity contribution in [2.24, 2.45) is 0 Å². The van der Waals surface area contributed by atoms with Gasteiger partial charge in [-0.2, -0.15) is 0 Å². The molecule has 26 valence electrons. The fraction of sp³-hybridized carbons (Fsp3) is 0. The molecule has 0 rings (SSSR count). The van der Waals surface area contributed by atoms with E-state index in [4.69, 9.17) is 0 Å². The number of hydrogen-bond donors (Lipinski definition) is 0. The zero-order chi connectivity index (χ0) is 0. The van der Waals surface area contributed by atoms with Gasteiger partial charge < -0.3 is 0 Å². The van der Waals surface area contributed by atoms with Crippen LogP contribution in [0.25, 0.3) is 0 Å². The molecular formula is H6CaCl2Pb. The first-order valence-corrected chi connectivity index (χ1v) is 0. The van der Waals surface area contributed by atoms with Crippen molar-refractivity contribution in [3.8, 4) is 0 Å². The van der Waals surface area contributed by atoms with Gasteiger partial charge in [0.2, 0.25) is 0 Å². The van der Waals surface area contributed by atoms with Crippen LogP contribution < -0.4 is 0 Å². The van der Waals surface area contributed by atoms with E-state index in [0.29, 0.717) is 0 Å². The Balaban J connectivity index is 0. The molecule has 0 amide bonds. The molecule has 0 bridgehead atoms. The van der Waals surface area contributed by atoms with E-state index in [9.17, 15) is 0 Å². The summed E-state index contributed by atoms with van der Waals surface area (Å²) in [6, 6.07) is 0. The van der Waals surface area contributed by atoms with Crippen LogP contribution in [0.3, 0.4) is 0 Å². The summed E-state index contributed by atoms with van der Waals surface area (Å²) in [5, 5.41) is 0. The van der Waals surface area contributed by atoms with Crippen molar-refractivity contribution >= 4 is 89.9 Å². The maximum atomic E-state index is 0. The Hall–Kier alpha value is 2.76. The molecule has 0 N–H and O–H groups in total. The number of hydrogen-bond acceptors (Lipinski definition) is 0. The molecule has 0 atom stereocenters. The van der Waals surface area contributed by atoms with E-state index in [-0.39, 0.29) is 89.9 Å². The zero-order valence-corrected chi connectivity index (χ0v) is 8.65. The second-order valence-electron chi connectivity index (χ2n) is 0. The summed E-state index contributed by atoms with van der Waals surface area (Å²) in [7, 11) is 0. The molecule has 0 aliphatic heterocycles.